The van der Waals surface area contributed by atoms with Crippen LogP contribution in [0.3, 0.4) is 0 Å². The van der Waals surface area contributed by atoms with Crippen LogP contribution >= 0.6 is 11.6 Å². The highest BCUT2D eigenvalue weighted by atomic mass is 35.5. The molecule has 0 amide bonds. The van der Waals surface area contributed by atoms with E-state index in [2.05, 4.69) is 0 Å². The topological polar surface area (TPSA) is 52.0 Å². The molecule has 0 saturated carbocycles. The number of nitrogens with two attached hydrogens (primary N) is 2. The fourth-order valence-corrected chi connectivity index (χ4v) is 2.13. The highest BCUT2D eigenvalue weighted by Crippen LogP contribution is 2.38. The molecule has 1 atom stereocenters. The van der Waals surface area contributed by atoms with E-state index in [4.69, 9.17) is 23.1 Å². The predicted octanol–water partition coefficient (Wildman–Crippen LogP) is 3.49. The van der Waals surface area contributed by atoms with Gasteiger partial charge in [-0.15, -0.1) is 0 Å². The molecule has 0 aliphatic heterocycles. The second-order valence-electron chi connectivity index (χ2n) is 4.09. The number of rotatable bonds is 5. The summed E-state index contributed by atoms with van der Waals surface area (Å²) in [6.45, 7) is 0.501. The molecule has 6 heteroatoms. The molecule has 2 nitrogen and oxygen atoms in total. The standard InChI is InChI=1S/C12H16ClF3N2/c13-9-5-3-4-8(12(14,15)16)11(9)10(18)6-1-2-7-17/h3-5,10H,1-2,6-7,17-18H2/t10-/m1/s1. The van der Waals surface area contributed by atoms with Gasteiger partial charge < -0.3 is 11.5 Å². The van der Waals surface area contributed by atoms with Crippen molar-refractivity contribution in [3.05, 3.63) is 34.3 Å². The second-order valence-corrected chi connectivity index (χ2v) is 4.50. The smallest absolute Gasteiger partial charge is 0.330 e. The van der Waals surface area contributed by atoms with E-state index in [1.165, 1.54) is 12.1 Å². The van der Waals surface area contributed by atoms with Crippen molar-refractivity contribution in [2.75, 3.05) is 6.54 Å². The Morgan fingerprint density at radius 1 is 1.22 bits per heavy atom. The molecular weight excluding hydrogens is 265 g/mol. The van der Waals surface area contributed by atoms with Gasteiger partial charge in [-0.25, -0.2) is 0 Å². The van der Waals surface area contributed by atoms with E-state index in [9.17, 15) is 13.2 Å². The van der Waals surface area contributed by atoms with Gasteiger partial charge in [0.15, 0.2) is 0 Å². The van der Waals surface area contributed by atoms with Crippen molar-refractivity contribution in [2.24, 2.45) is 11.5 Å². The maximum atomic E-state index is 12.8. The summed E-state index contributed by atoms with van der Waals surface area (Å²) in [4.78, 5) is 0. The summed E-state index contributed by atoms with van der Waals surface area (Å²) in [6, 6.07) is 2.99. The van der Waals surface area contributed by atoms with Gasteiger partial charge in [-0.1, -0.05) is 24.1 Å². The Balaban J connectivity index is 2.99. The molecule has 0 fully saturated rings. The van der Waals surface area contributed by atoms with Crippen molar-refractivity contribution in [1.82, 2.24) is 0 Å². The average Bonchev–Trinajstić information content (AvgIpc) is 2.27. The SMILES string of the molecule is NCCCC[C@@H](N)c1c(Cl)cccc1C(F)(F)F. The van der Waals surface area contributed by atoms with Crippen LogP contribution in [0, 0.1) is 0 Å². The molecule has 102 valence electrons. The summed E-state index contributed by atoms with van der Waals surface area (Å²) in [5, 5.41) is 0.0603. The van der Waals surface area contributed by atoms with Crippen LogP contribution in [0.5, 0.6) is 0 Å². The van der Waals surface area contributed by atoms with E-state index in [1.807, 2.05) is 0 Å². The van der Waals surface area contributed by atoms with Gasteiger partial charge in [0.2, 0.25) is 0 Å². The highest BCUT2D eigenvalue weighted by Gasteiger charge is 2.35. The summed E-state index contributed by atoms with van der Waals surface area (Å²) >= 11 is 5.84. The Labute approximate surface area is 109 Å². The summed E-state index contributed by atoms with van der Waals surface area (Å²) in [6.07, 6.45) is -2.59. The molecule has 1 rings (SSSR count). The second kappa shape index (κ2) is 6.41. The van der Waals surface area contributed by atoms with Crippen LogP contribution in [0.15, 0.2) is 18.2 Å². The first-order valence-electron chi connectivity index (χ1n) is 5.69. The molecule has 1 aromatic rings. The normalized spacial score (nSPS) is 13.7. The fraction of sp³-hybridized carbons (Fsp3) is 0.500. The maximum Gasteiger partial charge on any atom is 0.416 e. The molecular formula is C12H16ClF3N2. The van der Waals surface area contributed by atoms with E-state index < -0.39 is 17.8 Å². The van der Waals surface area contributed by atoms with Crippen molar-refractivity contribution in [2.45, 2.75) is 31.5 Å². The first-order chi connectivity index (χ1) is 8.38. The number of hydrogen-bond donors (Lipinski definition) is 2. The first kappa shape index (κ1) is 15.3. The van der Waals surface area contributed by atoms with Gasteiger partial charge in [0.25, 0.3) is 0 Å². The van der Waals surface area contributed by atoms with Crippen LogP contribution in [0.1, 0.15) is 36.4 Å². The molecule has 4 N–H and O–H groups in total. The quantitative estimate of drug-likeness (QED) is 0.811. The average molecular weight is 281 g/mol. The zero-order chi connectivity index (χ0) is 13.8. The van der Waals surface area contributed by atoms with Crippen LogP contribution < -0.4 is 11.5 Å². The van der Waals surface area contributed by atoms with Gasteiger partial charge in [0, 0.05) is 11.1 Å². The van der Waals surface area contributed by atoms with Gasteiger partial charge in [-0.2, -0.15) is 13.2 Å². The molecule has 0 radical (unpaired) electrons. The molecule has 18 heavy (non-hydrogen) atoms. The van der Waals surface area contributed by atoms with Crippen LogP contribution in [0.2, 0.25) is 5.02 Å². The van der Waals surface area contributed by atoms with E-state index in [1.54, 1.807) is 0 Å². The number of halogens is 4. The Hall–Kier alpha value is -0.780. The molecule has 0 aliphatic carbocycles. The highest BCUT2D eigenvalue weighted by molar-refractivity contribution is 6.31. The number of hydrogen-bond acceptors (Lipinski definition) is 2. The van der Waals surface area contributed by atoms with Gasteiger partial charge in [-0.3, -0.25) is 0 Å². The van der Waals surface area contributed by atoms with Gasteiger partial charge in [0.05, 0.1) is 5.56 Å². The van der Waals surface area contributed by atoms with Crippen LogP contribution in [-0.4, -0.2) is 6.54 Å². The minimum Gasteiger partial charge on any atom is -0.330 e. The van der Waals surface area contributed by atoms with Crippen molar-refractivity contribution in [3.8, 4) is 0 Å². The summed E-state index contributed by atoms with van der Waals surface area (Å²) in [5.41, 5.74) is 10.4. The molecule has 0 aromatic heterocycles. The molecule has 0 aliphatic rings. The molecule has 0 saturated heterocycles. The van der Waals surface area contributed by atoms with Crippen molar-refractivity contribution < 1.29 is 13.2 Å². The van der Waals surface area contributed by atoms with Crippen molar-refractivity contribution in [3.63, 3.8) is 0 Å². The predicted molar refractivity (Wildman–Crippen MR) is 66.3 cm³/mol. The Morgan fingerprint density at radius 3 is 2.44 bits per heavy atom. The van der Waals surface area contributed by atoms with E-state index in [-0.39, 0.29) is 10.6 Å². The lowest BCUT2D eigenvalue weighted by atomic mass is 9.96. The summed E-state index contributed by atoms with van der Waals surface area (Å²) in [7, 11) is 0. The minimum absolute atomic E-state index is 0.0244. The number of benzene rings is 1. The van der Waals surface area contributed by atoms with Gasteiger partial charge in [-0.05, 0) is 37.1 Å². The lowest BCUT2D eigenvalue weighted by molar-refractivity contribution is -0.138. The Morgan fingerprint density at radius 2 is 1.89 bits per heavy atom. The van der Waals surface area contributed by atoms with Crippen LogP contribution in [0.25, 0.3) is 0 Å². The van der Waals surface area contributed by atoms with E-state index in [0.29, 0.717) is 19.4 Å². The lowest BCUT2D eigenvalue weighted by Crippen LogP contribution is -2.18. The third kappa shape index (κ3) is 3.86. The molecule has 0 spiro atoms. The fourth-order valence-electron chi connectivity index (χ4n) is 1.81. The maximum absolute atomic E-state index is 12.8. The summed E-state index contributed by atoms with van der Waals surface area (Å²) < 4.78 is 38.5. The van der Waals surface area contributed by atoms with E-state index >= 15 is 0 Å². The minimum atomic E-state index is -4.44. The largest absolute Gasteiger partial charge is 0.416 e. The van der Waals surface area contributed by atoms with Crippen molar-refractivity contribution in [1.29, 1.82) is 0 Å². The van der Waals surface area contributed by atoms with Crippen LogP contribution in [0.4, 0.5) is 13.2 Å². The number of alkyl halides is 3. The molecule has 0 heterocycles. The van der Waals surface area contributed by atoms with Gasteiger partial charge in [0.1, 0.15) is 0 Å². The lowest BCUT2D eigenvalue weighted by Gasteiger charge is -2.19. The molecule has 0 unspecified atom stereocenters. The van der Waals surface area contributed by atoms with Gasteiger partial charge >= 0.3 is 6.18 Å². The third-order valence-electron chi connectivity index (χ3n) is 2.70. The Bertz CT molecular complexity index is 393. The van der Waals surface area contributed by atoms with Crippen LogP contribution in [-0.2, 0) is 6.18 Å². The van der Waals surface area contributed by atoms with Crippen molar-refractivity contribution >= 4 is 11.6 Å². The Kier molecular flexibility index (Phi) is 5.44. The summed E-state index contributed by atoms with van der Waals surface area (Å²) in [5.74, 6) is 0. The monoisotopic (exact) mass is 280 g/mol. The third-order valence-corrected chi connectivity index (χ3v) is 3.03. The zero-order valence-electron chi connectivity index (χ0n) is 9.80. The van der Waals surface area contributed by atoms with E-state index in [0.717, 1.165) is 12.5 Å². The zero-order valence-corrected chi connectivity index (χ0v) is 10.6. The number of unbranched alkanes of at least 4 members (excludes halogenated alkanes) is 1. The first-order valence-corrected chi connectivity index (χ1v) is 6.07. The molecule has 1 aromatic carbocycles. The molecule has 0 bridgehead atoms.